The number of benzene rings is 1. The van der Waals surface area contributed by atoms with E-state index >= 15 is 0 Å². The lowest BCUT2D eigenvalue weighted by Crippen LogP contribution is -2.42. The van der Waals surface area contributed by atoms with Gasteiger partial charge >= 0.3 is 6.18 Å². The van der Waals surface area contributed by atoms with Crippen LogP contribution in [0.1, 0.15) is 20.3 Å². The second kappa shape index (κ2) is 8.06. The van der Waals surface area contributed by atoms with Gasteiger partial charge in [-0.05, 0) is 48.0 Å². The maximum absolute atomic E-state index is 12.3. The predicted molar refractivity (Wildman–Crippen MR) is 82.2 cm³/mol. The first-order valence-corrected chi connectivity index (χ1v) is 7.78. The third kappa shape index (κ3) is 6.04. The van der Waals surface area contributed by atoms with Gasteiger partial charge in [0.05, 0.1) is 10.9 Å². The highest BCUT2D eigenvalue weighted by Crippen LogP contribution is 2.29. The van der Waals surface area contributed by atoms with Gasteiger partial charge in [0.1, 0.15) is 5.75 Å². The smallest absolute Gasteiger partial charge is 0.390 e. The van der Waals surface area contributed by atoms with Gasteiger partial charge in [0, 0.05) is 18.1 Å². The molecule has 1 unspecified atom stereocenters. The average molecular weight is 403 g/mol. The molecular weight excluding hydrogens is 387 g/mol. The van der Waals surface area contributed by atoms with Gasteiger partial charge in [-0.25, -0.2) is 0 Å². The van der Waals surface area contributed by atoms with Gasteiger partial charge in [-0.3, -0.25) is 4.79 Å². The Balaban J connectivity index is 2.69. The van der Waals surface area contributed by atoms with Gasteiger partial charge in [0.15, 0.2) is 6.10 Å². The monoisotopic (exact) mass is 401 g/mol. The van der Waals surface area contributed by atoms with E-state index in [2.05, 4.69) is 15.9 Å². The van der Waals surface area contributed by atoms with Crippen molar-refractivity contribution in [1.29, 1.82) is 0 Å². The van der Waals surface area contributed by atoms with Crippen molar-refractivity contribution in [2.75, 3.05) is 13.1 Å². The van der Waals surface area contributed by atoms with E-state index in [0.29, 0.717) is 15.2 Å². The number of ether oxygens (including phenoxy) is 1. The Morgan fingerprint density at radius 1 is 1.45 bits per heavy atom. The van der Waals surface area contributed by atoms with E-state index in [1.165, 1.54) is 6.92 Å². The number of hydrogen-bond donors (Lipinski definition) is 0. The molecule has 1 rings (SSSR count). The molecule has 0 aliphatic carbocycles. The van der Waals surface area contributed by atoms with Crippen molar-refractivity contribution >= 4 is 33.4 Å². The Hall–Kier alpha value is -0.950. The summed E-state index contributed by atoms with van der Waals surface area (Å²) >= 11 is 9.06. The van der Waals surface area contributed by atoms with Gasteiger partial charge in [0.2, 0.25) is 0 Å². The summed E-state index contributed by atoms with van der Waals surface area (Å²) in [5, 5.41) is 0.499. The molecule has 1 aromatic rings. The lowest BCUT2D eigenvalue weighted by atomic mass is 10.3. The van der Waals surface area contributed by atoms with Crippen molar-refractivity contribution in [3.05, 3.63) is 27.7 Å². The van der Waals surface area contributed by atoms with Crippen LogP contribution in [0, 0.1) is 0 Å². The number of alkyl halides is 3. The highest BCUT2D eigenvalue weighted by Gasteiger charge is 2.30. The molecular formula is C14H16BrClF3NO2. The highest BCUT2D eigenvalue weighted by atomic mass is 79.9. The lowest BCUT2D eigenvalue weighted by Gasteiger charge is -2.25. The Morgan fingerprint density at radius 3 is 2.59 bits per heavy atom. The summed E-state index contributed by atoms with van der Waals surface area (Å²) in [7, 11) is 0. The lowest BCUT2D eigenvalue weighted by molar-refractivity contribution is -0.148. The highest BCUT2D eigenvalue weighted by molar-refractivity contribution is 9.10. The van der Waals surface area contributed by atoms with Crippen LogP contribution >= 0.6 is 27.5 Å². The number of halogens is 5. The number of rotatable bonds is 6. The van der Waals surface area contributed by atoms with Gasteiger partial charge < -0.3 is 9.64 Å². The molecule has 1 atom stereocenters. The molecule has 0 heterocycles. The molecule has 0 aliphatic rings. The van der Waals surface area contributed by atoms with Gasteiger partial charge in [-0.15, -0.1) is 0 Å². The van der Waals surface area contributed by atoms with E-state index in [0.717, 1.165) is 4.90 Å². The largest absolute Gasteiger partial charge is 0.480 e. The van der Waals surface area contributed by atoms with Crippen molar-refractivity contribution in [3.8, 4) is 5.75 Å². The zero-order valence-corrected chi connectivity index (χ0v) is 14.4. The fraction of sp³-hybridized carbons (Fsp3) is 0.500. The minimum absolute atomic E-state index is 0.185. The van der Waals surface area contributed by atoms with Crippen LogP contribution < -0.4 is 4.74 Å². The Labute approximate surface area is 140 Å². The summed E-state index contributed by atoms with van der Waals surface area (Å²) in [4.78, 5) is 13.3. The Kier molecular flexibility index (Phi) is 6.99. The van der Waals surface area contributed by atoms with Crippen LogP contribution in [-0.4, -0.2) is 36.2 Å². The molecule has 1 amide bonds. The maximum Gasteiger partial charge on any atom is 0.390 e. The van der Waals surface area contributed by atoms with Crippen molar-refractivity contribution < 1.29 is 22.7 Å². The molecule has 1 aromatic carbocycles. The number of carbonyl (C=O) groups is 1. The zero-order valence-electron chi connectivity index (χ0n) is 12.1. The average Bonchev–Trinajstić information content (AvgIpc) is 2.41. The first-order valence-electron chi connectivity index (χ1n) is 6.61. The summed E-state index contributed by atoms with van der Waals surface area (Å²) in [6, 6.07) is 4.79. The second-order valence-corrected chi connectivity index (χ2v) is 5.91. The van der Waals surface area contributed by atoms with Crippen LogP contribution in [0.2, 0.25) is 5.02 Å². The molecule has 3 nitrogen and oxygen atoms in total. The summed E-state index contributed by atoms with van der Waals surface area (Å²) in [6.07, 6.45) is -6.23. The van der Waals surface area contributed by atoms with Crippen LogP contribution in [0.15, 0.2) is 22.7 Å². The van der Waals surface area contributed by atoms with E-state index < -0.39 is 24.6 Å². The second-order valence-electron chi connectivity index (χ2n) is 4.62. The third-order valence-corrected chi connectivity index (χ3v) is 3.76. The van der Waals surface area contributed by atoms with Gasteiger partial charge in [-0.1, -0.05) is 11.6 Å². The van der Waals surface area contributed by atoms with E-state index in [9.17, 15) is 18.0 Å². The van der Waals surface area contributed by atoms with Crippen molar-refractivity contribution in [3.63, 3.8) is 0 Å². The normalized spacial score (nSPS) is 12.9. The molecule has 0 aliphatic heterocycles. The topological polar surface area (TPSA) is 29.5 Å². The Morgan fingerprint density at radius 2 is 2.09 bits per heavy atom. The molecule has 0 saturated heterocycles. The molecule has 0 saturated carbocycles. The first kappa shape index (κ1) is 19.1. The number of likely N-dealkylation sites (N-methyl/N-ethyl adjacent to an activating group) is 1. The minimum Gasteiger partial charge on any atom is -0.480 e. The summed E-state index contributed by atoms with van der Waals surface area (Å²) < 4.78 is 42.9. The van der Waals surface area contributed by atoms with Gasteiger partial charge in [-0.2, -0.15) is 13.2 Å². The third-order valence-electron chi connectivity index (χ3n) is 2.90. The van der Waals surface area contributed by atoms with Crippen LogP contribution in [0.3, 0.4) is 0 Å². The Bertz CT molecular complexity index is 525. The summed E-state index contributed by atoms with van der Waals surface area (Å²) in [5.74, 6) is -0.0919. The number of hydrogen-bond acceptors (Lipinski definition) is 2. The van der Waals surface area contributed by atoms with Crippen LogP contribution in [0.5, 0.6) is 5.75 Å². The molecule has 0 fully saturated rings. The quantitative estimate of drug-likeness (QED) is 0.692. The van der Waals surface area contributed by atoms with Crippen molar-refractivity contribution in [2.45, 2.75) is 32.5 Å². The molecule has 22 heavy (non-hydrogen) atoms. The van der Waals surface area contributed by atoms with Crippen LogP contribution in [0.4, 0.5) is 13.2 Å². The predicted octanol–water partition coefficient (Wildman–Crippen LogP) is 4.67. The first-order chi connectivity index (χ1) is 10.1. The van der Waals surface area contributed by atoms with Crippen LogP contribution in [-0.2, 0) is 4.79 Å². The molecule has 0 bridgehead atoms. The van der Waals surface area contributed by atoms with Crippen LogP contribution in [0.25, 0.3) is 0 Å². The fourth-order valence-corrected chi connectivity index (χ4v) is 2.53. The SMILES string of the molecule is CCN(CCC(F)(F)F)C(=O)C(C)Oc1ccc(Cl)cc1Br. The standard InChI is InChI=1S/C14H16BrClF3NO2/c1-3-20(7-6-14(17,18)19)13(21)9(2)22-12-5-4-10(16)8-11(12)15/h4-5,8-9H,3,6-7H2,1-2H3. The molecule has 124 valence electrons. The minimum atomic E-state index is -4.29. The van der Waals surface area contributed by atoms with Gasteiger partial charge in [0.25, 0.3) is 5.91 Å². The zero-order chi connectivity index (χ0) is 16.9. The molecule has 0 aromatic heterocycles. The molecule has 0 N–H and O–H groups in total. The van der Waals surface area contributed by atoms with E-state index in [1.807, 2.05) is 0 Å². The molecule has 0 radical (unpaired) electrons. The fourth-order valence-electron chi connectivity index (χ4n) is 1.75. The van der Waals surface area contributed by atoms with E-state index in [-0.39, 0.29) is 13.1 Å². The molecule has 0 spiro atoms. The number of amides is 1. The summed E-state index contributed by atoms with van der Waals surface area (Å²) in [6.45, 7) is 2.93. The number of carbonyl (C=O) groups excluding carboxylic acids is 1. The van der Waals surface area contributed by atoms with E-state index in [4.69, 9.17) is 16.3 Å². The summed E-state index contributed by atoms with van der Waals surface area (Å²) in [5.41, 5.74) is 0. The van der Waals surface area contributed by atoms with Crippen molar-refractivity contribution in [2.24, 2.45) is 0 Å². The number of nitrogens with zero attached hydrogens (tertiary/aromatic N) is 1. The maximum atomic E-state index is 12.3. The molecule has 8 heteroatoms. The van der Waals surface area contributed by atoms with E-state index in [1.54, 1.807) is 25.1 Å². The van der Waals surface area contributed by atoms with Crippen molar-refractivity contribution in [1.82, 2.24) is 4.90 Å².